The van der Waals surface area contributed by atoms with Gasteiger partial charge in [-0.1, -0.05) is 18.2 Å². The van der Waals surface area contributed by atoms with Gasteiger partial charge < -0.3 is 4.90 Å². The highest BCUT2D eigenvalue weighted by Crippen LogP contribution is 2.29. The minimum Gasteiger partial charge on any atom is -0.339 e. The second kappa shape index (κ2) is 7.11. The molecule has 6 heteroatoms. The highest BCUT2D eigenvalue weighted by molar-refractivity contribution is 5.79. The molecule has 0 heterocycles. The Kier molecular flexibility index (Phi) is 5.77. The second-order valence-electron chi connectivity index (χ2n) is 4.96. The molecule has 0 saturated carbocycles. The number of benzene rings is 1. The molecule has 0 atom stereocenters. The number of nitrogens with zero attached hydrogens (tertiary/aromatic N) is 2. The molecule has 0 unspecified atom stereocenters. The minimum absolute atomic E-state index is 0.100. The molecule has 3 nitrogen and oxygen atoms in total. The van der Waals surface area contributed by atoms with Crippen LogP contribution in [0.3, 0.4) is 0 Å². The lowest BCUT2D eigenvalue weighted by molar-refractivity contribution is -0.138. The van der Waals surface area contributed by atoms with E-state index in [1.54, 1.807) is 13.8 Å². The lowest BCUT2D eigenvalue weighted by Crippen LogP contribution is -2.38. The first kappa shape index (κ1) is 17.0. The maximum Gasteiger partial charge on any atom is 0.416 e. The molecule has 0 N–H and O–H groups in total. The predicted molar refractivity (Wildman–Crippen MR) is 72.2 cm³/mol. The van der Waals surface area contributed by atoms with E-state index in [1.165, 1.54) is 17.0 Å². The first-order valence-electron chi connectivity index (χ1n) is 6.58. The third-order valence-electron chi connectivity index (χ3n) is 3.02. The van der Waals surface area contributed by atoms with Crippen molar-refractivity contribution in [2.24, 2.45) is 0 Å². The van der Waals surface area contributed by atoms with Gasteiger partial charge in [0.2, 0.25) is 5.91 Å². The summed E-state index contributed by atoms with van der Waals surface area (Å²) in [5, 5.41) is 8.58. The summed E-state index contributed by atoms with van der Waals surface area (Å²) in [7, 11) is 0. The largest absolute Gasteiger partial charge is 0.416 e. The summed E-state index contributed by atoms with van der Waals surface area (Å²) in [5.41, 5.74) is -0.446. The summed E-state index contributed by atoms with van der Waals surface area (Å²) in [4.78, 5) is 13.7. The number of hydrogen-bond donors (Lipinski definition) is 0. The molecular weight excluding hydrogens is 281 g/mol. The normalized spacial score (nSPS) is 11.3. The average Bonchev–Trinajstić information content (AvgIpc) is 2.38. The fraction of sp³-hybridized carbons (Fsp3) is 0.467. The van der Waals surface area contributed by atoms with E-state index in [0.29, 0.717) is 5.56 Å². The van der Waals surface area contributed by atoms with E-state index >= 15 is 0 Å². The summed E-state index contributed by atoms with van der Waals surface area (Å²) in [6.45, 7) is 3.90. The van der Waals surface area contributed by atoms with E-state index in [9.17, 15) is 18.0 Å². The van der Waals surface area contributed by atoms with Gasteiger partial charge in [-0.25, -0.2) is 0 Å². The zero-order valence-corrected chi connectivity index (χ0v) is 11.9. The molecule has 1 amide bonds. The molecule has 114 valence electrons. The number of alkyl halides is 3. The van der Waals surface area contributed by atoms with Crippen LogP contribution in [0.4, 0.5) is 13.2 Å². The number of rotatable bonds is 5. The molecule has 0 radical (unpaired) electrons. The summed E-state index contributed by atoms with van der Waals surface area (Å²) in [6.07, 6.45) is -4.32. The molecule has 0 aliphatic rings. The van der Waals surface area contributed by atoms with Crippen LogP contribution >= 0.6 is 0 Å². The average molecular weight is 298 g/mol. The van der Waals surface area contributed by atoms with Crippen LogP contribution in [-0.2, 0) is 17.4 Å². The number of carbonyl (C=O) groups is 1. The van der Waals surface area contributed by atoms with Gasteiger partial charge in [-0.2, -0.15) is 18.4 Å². The van der Waals surface area contributed by atoms with E-state index in [2.05, 4.69) is 0 Å². The third-order valence-corrected chi connectivity index (χ3v) is 3.02. The Morgan fingerprint density at radius 1 is 1.38 bits per heavy atom. The highest BCUT2D eigenvalue weighted by atomic mass is 19.4. The molecule has 1 aromatic carbocycles. The lowest BCUT2D eigenvalue weighted by Gasteiger charge is -2.26. The van der Waals surface area contributed by atoms with Crippen molar-refractivity contribution in [2.45, 2.75) is 38.9 Å². The van der Waals surface area contributed by atoms with Crippen LogP contribution in [0.15, 0.2) is 24.3 Å². The van der Waals surface area contributed by atoms with Crippen LogP contribution in [0.2, 0.25) is 0 Å². The van der Waals surface area contributed by atoms with E-state index in [1.807, 2.05) is 6.07 Å². The lowest BCUT2D eigenvalue weighted by atomic mass is 10.1. The van der Waals surface area contributed by atoms with Crippen molar-refractivity contribution < 1.29 is 18.0 Å². The van der Waals surface area contributed by atoms with Crippen molar-refractivity contribution in [3.05, 3.63) is 35.4 Å². The van der Waals surface area contributed by atoms with Gasteiger partial charge in [0.15, 0.2) is 0 Å². The Labute approximate surface area is 122 Å². The fourth-order valence-electron chi connectivity index (χ4n) is 1.98. The molecule has 0 aliphatic carbocycles. The number of nitriles is 1. The smallest absolute Gasteiger partial charge is 0.339 e. The monoisotopic (exact) mass is 298 g/mol. The quantitative estimate of drug-likeness (QED) is 0.836. The standard InChI is InChI=1S/C15H17F3N2O/c1-11(2)20(8-4-7-19)14(21)10-12-5-3-6-13(9-12)15(16,17)18/h3,5-6,9,11H,4,8,10H2,1-2H3. The van der Waals surface area contributed by atoms with Gasteiger partial charge in [-0.3, -0.25) is 4.79 Å². The Morgan fingerprint density at radius 2 is 2.05 bits per heavy atom. The van der Waals surface area contributed by atoms with Gasteiger partial charge in [-0.05, 0) is 25.5 Å². The maximum atomic E-state index is 12.6. The molecule has 0 aliphatic heterocycles. The number of carbonyl (C=O) groups excluding carboxylic acids is 1. The topological polar surface area (TPSA) is 44.1 Å². The Bertz CT molecular complexity index is 532. The zero-order valence-electron chi connectivity index (χ0n) is 11.9. The predicted octanol–water partition coefficient (Wildman–Crippen LogP) is 3.40. The first-order chi connectivity index (χ1) is 9.75. The van der Waals surface area contributed by atoms with Crippen molar-refractivity contribution in [3.8, 4) is 6.07 Å². The van der Waals surface area contributed by atoms with Crippen LogP contribution in [0, 0.1) is 11.3 Å². The molecule has 0 spiro atoms. The van der Waals surface area contributed by atoms with Crippen molar-refractivity contribution in [3.63, 3.8) is 0 Å². The number of amides is 1. The number of halogens is 3. The minimum atomic E-state index is -4.42. The Hall–Kier alpha value is -2.03. The molecule has 21 heavy (non-hydrogen) atoms. The molecule has 0 aromatic heterocycles. The van der Waals surface area contributed by atoms with Gasteiger partial charge in [0, 0.05) is 12.6 Å². The van der Waals surface area contributed by atoms with Crippen LogP contribution < -0.4 is 0 Å². The molecule has 0 bridgehead atoms. The molecule has 1 aromatic rings. The van der Waals surface area contributed by atoms with Gasteiger partial charge in [0.25, 0.3) is 0 Å². The maximum absolute atomic E-state index is 12.6. The first-order valence-corrected chi connectivity index (χ1v) is 6.58. The van der Waals surface area contributed by atoms with Crippen LogP contribution in [0.25, 0.3) is 0 Å². The highest BCUT2D eigenvalue weighted by Gasteiger charge is 2.30. The Balaban J connectivity index is 2.84. The molecular formula is C15H17F3N2O. The third kappa shape index (κ3) is 5.10. The molecule has 0 fully saturated rings. The van der Waals surface area contributed by atoms with Crippen LogP contribution in [0.1, 0.15) is 31.4 Å². The van der Waals surface area contributed by atoms with Gasteiger partial charge in [-0.15, -0.1) is 0 Å². The van der Waals surface area contributed by atoms with E-state index in [0.717, 1.165) is 12.1 Å². The zero-order chi connectivity index (χ0) is 16.0. The summed E-state index contributed by atoms with van der Waals surface area (Å²) in [6, 6.07) is 6.61. The number of hydrogen-bond acceptors (Lipinski definition) is 2. The van der Waals surface area contributed by atoms with Crippen molar-refractivity contribution in [1.29, 1.82) is 5.26 Å². The van der Waals surface area contributed by atoms with Gasteiger partial charge >= 0.3 is 6.18 Å². The second-order valence-corrected chi connectivity index (χ2v) is 4.96. The van der Waals surface area contributed by atoms with Crippen molar-refractivity contribution in [1.82, 2.24) is 4.90 Å². The van der Waals surface area contributed by atoms with E-state index in [4.69, 9.17) is 5.26 Å². The fourth-order valence-corrected chi connectivity index (χ4v) is 1.98. The van der Waals surface area contributed by atoms with E-state index < -0.39 is 11.7 Å². The van der Waals surface area contributed by atoms with Crippen LogP contribution in [0.5, 0.6) is 0 Å². The summed E-state index contributed by atoms with van der Waals surface area (Å²) in [5.74, 6) is -0.278. The summed E-state index contributed by atoms with van der Waals surface area (Å²) >= 11 is 0. The SMILES string of the molecule is CC(C)N(CCC#N)C(=O)Cc1cccc(C(F)(F)F)c1. The molecule has 0 saturated heterocycles. The Morgan fingerprint density at radius 3 is 2.57 bits per heavy atom. The van der Waals surface area contributed by atoms with Crippen molar-refractivity contribution >= 4 is 5.91 Å². The van der Waals surface area contributed by atoms with Crippen molar-refractivity contribution in [2.75, 3.05) is 6.54 Å². The van der Waals surface area contributed by atoms with Crippen LogP contribution in [-0.4, -0.2) is 23.4 Å². The van der Waals surface area contributed by atoms with Gasteiger partial charge in [0.05, 0.1) is 24.5 Å². The van der Waals surface area contributed by atoms with Gasteiger partial charge in [0.1, 0.15) is 0 Å². The summed E-state index contributed by atoms with van der Waals surface area (Å²) < 4.78 is 37.9. The molecule has 1 rings (SSSR count). The van der Waals surface area contributed by atoms with E-state index in [-0.39, 0.29) is 31.3 Å².